The first-order valence-corrected chi connectivity index (χ1v) is 7.42. The van der Waals surface area contributed by atoms with Gasteiger partial charge in [0.25, 0.3) is 5.69 Å². The zero-order valence-electron chi connectivity index (χ0n) is 9.89. The Kier molecular flexibility index (Phi) is 7.00. The van der Waals surface area contributed by atoms with Gasteiger partial charge in [0.1, 0.15) is 0 Å². The van der Waals surface area contributed by atoms with Gasteiger partial charge in [-0.2, -0.15) is 11.8 Å². The largest absolute Gasteiger partial charge is 0.312 e. The first kappa shape index (κ1) is 15.2. The van der Waals surface area contributed by atoms with Crippen molar-refractivity contribution >= 4 is 33.4 Å². The van der Waals surface area contributed by atoms with E-state index in [4.69, 9.17) is 0 Å². The molecule has 0 bridgehead atoms. The van der Waals surface area contributed by atoms with E-state index >= 15 is 0 Å². The van der Waals surface area contributed by atoms with Gasteiger partial charge in [0, 0.05) is 41.2 Å². The van der Waals surface area contributed by atoms with Crippen LogP contribution in [0.2, 0.25) is 0 Å². The Labute approximate surface area is 119 Å². The summed E-state index contributed by atoms with van der Waals surface area (Å²) in [6.45, 7) is 5.26. The van der Waals surface area contributed by atoms with Gasteiger partial charge in [-0.3, -0.25) is 10.1 Å². The van der Waals surface area contributed by atoms with Crippen LogP contribution in [0.25, 0.3) is 0 Å². The van der Waals surface area contributed by atoms with E-state index in [2.05, 4.69) is 27.8 Å². The number of benzene rings is 1. The predicted molar refractivity (Wildman–Crippen MR) is 80.0 cm³/mol. The molecule has 1 aromatic rings. The van der Waals surface area contributed by atoms with Crippen molar-refractivity contribution < 1.29 is 4.92 Å². The van der Waals surface area contributed by atoms with Gasteiger partial charge in [-0.05, 0) is 11.6 Å². The quantitative estimate of drug-likeness (QED) is 0.343. The number of halogens is 1. The first-order chi connectivity index (χ1) is 8.65. The maximum atomic E-state index is 10.6. The minimum absolute atomic E-state index is 0.104. The van der Waals surface area contributed by atoms with Crippen LogP contribution in [-0.4, -0.2) is 23.0 Å². The summed E-state index contributed by atoms with van der Waals surface area (Å²) < 4.78 is 0.767. The van der Waals surface area contributed by atoms with Gasteiger partial charge in [-0.15, -0.1) is 6.58 Å². The Bertz CT molecular complexity index is 427. The van der Waals surface area contributed by atoms with Crippen LogP contribution in [0.5, 0.6) is 0 Å². The van der Waals surface area contributed by atoms with E-state index in [0.29, 0.717) is 6.54 Å². The summed E-state index contributed by atoms with van der Waals surface area (Å²) in [4.78, 5) is 10.2. The molecule has 6 heteroatoms. The molecule has 0 amide bonds. The molecule has 4 nitrogen and oxygen atoms in total. The molecular weight excluding hydrogens is 316 g/mol. The van der Waals surface area contributed by atoms with Gasteiger partial charge in [-0.1, -0.05) is 22.0 Å². The molecule has 0 atom stereocenters. The zero-order valence-corrected chi connectivity index (χ0v) is 12.3. The molecular formula is C12H15BrN2O2S. The van der Waals surface area contributed by atoms with E-state index in [9.17, 15) is 10.1 Å². The van der Waals surface area contributed by atoms with E-state index < -0.39 is 4.92 Å². The predicted octanol–water partition coefficient (Wildman–Crippen LogP) is 3.37. The molecule has 0 unspecified atom stereocenters. The normalized spacial score (nSPS) is 10.3. The smallest absolute Gasteiger partial charge is 0.270 e. The van der Waals surface area contributed by atoms with Crippen molar-refractivity contribution in [2.75, 3.05) is 18.1 Å². The standard InChI is InChI=1S/C12H15BrN2O2S/c1-2-6-18-7-5-14-9-10-3-4-11(15(16)17)8-12(10)13/h2-4,8,14H,1,5-7,9H2. The molecule has 0 aromatic heterocycles. The highest BCUT2D eigenvalue weighted by Crippen LogP contribution is 2.22. The second kappa shape index (κ2) is 8.29. The summed E-state index contributed by atoms with van der Waals surface area (Å²) in [5, 5.41) is 13.9. The summed E-state index contributed by atoms with van der Waals surface area (Å²) >= 11 is 5.16. The summed E-state index contributed by atoms with van der Waals surface area (Å²) in [6, 6.07) is 4.82. The molecule has 0 heterocycles. The van der Waals surface area contributed by atoms with Crippen molar-refractivity contribution in [3.63, 3.8) is 0 Å². The number of nitro benzene ring substituents is 1. The third-order valence-corrected chi connectivity index (χ3v) is 3.92. The van der Waals surface area contributed by atoms with Crippen LogP contribution >= 0.6 is 27.7 Å². The lowest BCUT2D eigenvalue weighted by Gasteiger charge is -2.06. The van der Waals surface area contributed by atoms with E-state index in [0.717, 1.165) is 28.1 Å². The molecule has 18 heavy (non-hydrogen) atoms. The molecule has 0 spiro atoms. The van der Waals surface area contributed by atoms with Gasteiger partial charge >= 0.3 is 0 Å². The minimum Gasteiger partial charge on any atom is -0.312 e. The number of thioether (sulfide) groups is 1. The van der Waals surface area contributed by atoms with E-state index in [1.165, 1.54) is 12.1 Å². The lowest BCUT2D eigenvalue weighted by molar-refractivity contribution is -0.384. The SMILES string of the molecule is C=CCSCCNCc1ccc([N+](=O)[O-])cc1Br. The summed E-state index contributed by atoms with van der Waals surface area (Å²) in [7, 11) is 0. The second-order valence-corrected chi connectivity index (χ2v) is 5.58. The molecule has 1 rings (SSSR count). The number of nitrogens with zero attached hydrogens (tertiary/aromatic N) is 1. The molecule has 0 saturated carbocycles. The van der Waals surface area contributed by atoms with Gasteiger partial charge in [0.15, 0.2) is 0 Å². The van der Waals surface area contributed by atoms with Crippen molar-refractivity contribution in [2.24, 2.45) is 0 Å². The van der Waals surface area contributed by atoms with Gasteiger partial charge in [0.2, 0.25) is 0 Å². The molecule has 1 aromatic carbocycles. The fraction of sp³-hybridized carbons (Fsp3) is 0.333. The van der Waals surface area contributed by atoms with Crippen LogP contribution < -0.4 is 5.32 Å². The third kappa shape index (κ3) is 5.20. The van der Waals surface area contributed by atoms with Crippen molar-refractivity contribution in [1.29, 1.82) is 0 Å². The highest BCUT2D eigenvalue weighted by atomic mass is 79.9. The Morgan fingerprint density at radius 1 is 1.56 bits per heavy atom. The molecule has 1 N–H and O–H groups in total. The maximum absolute atomic E-state index is 10.6. The molecule has 0 radical (unpaired) electrons. The Morgan fingerprint density at radius 2 is 2.33 bits per heavy atom. The van der Waals surface area contributed by atoms with Crippen LogP contribution in [0.1, 0.15) is 5.56 Å². The highest BCUT2D eigenvalue weighted by molar-refractivity contribution is 9.10. The van der Waals surface area contributed by atoms with Crippen LogP contribution in [0.3, 0.4) is 0 Å². The van der Waals surface area contributed by atoms with Crippen molar-refractivity contribution in [3.8, 4) is 0 Å². The number of non-ortho nitro benzene ring substituents is 1. The average molecular weight is 331 g/mol. The highest BCUT2D eigenvalue weighted by Gasteiger charge is 2.08. The fourth-order valence-electron chi connectivity index (χ4n) is 1.33. The molecule has 0 fully saturated rings. The van der Waals surface area contributed by atoms with Gasteiger partial charge < -0.3 is 5.32 Å². The third-order valence-electron chi connectivity index (χ3n) is 2.22. The number of hydrogen-bond acceptors (Lipinski definition) is 4. The van der Waals surface area contributed by atoms with Crippen LogP contribution in [0.4, 0.5) is 5.69 Å². The van der Waals surface area contributed by atoms with Crippen molar-refractivity contribution in [1.82, 2.24) is 5.32 Å². The number of nitrogens with one attached hydrogen (secondary N) is 1. The van der Waals surface area contributed by atoms with Gasteiger partial charge in [0.05, 0.1) is 4.92 Å². The van der Waals surface area contributed by atoms with Crippen molar-refractivity contribution in [3.05, 3.63) is 51.0 Å². The summed E-state index contributed by atoms with van der Waals surface area (Å²) in [6.07, 6.45) is 1.89. The number of rotatable bonds is 8. The van der Waals surface area contributed by atoms with E-state index in [1.54, 1.807) is 6.07 Å². The topological polar surface area (TPSA) is 55.2 Å². The number of nitro groups is 1. The Morgan fingerprint density at radius 3 is 2.94 bits per heavy atom. The van der Waals surface area contributed by atoms with Crippen LogP contribution in [-0.2, 0) is 6.54 Å². The first-order valence-electron chi connectivity index (χ1n) is 5.47. The molecule has 0 aliphatic carbocycles. The second-order valence-electron chi connectivity index (χ2n) is 3.57. The number of hydrogen-bond donors (Lipinski definition) is 1. The lowest BCUT2D eigenvalue weighted by Crippen LogP contribution is -2.17. The van der Waals surface area contributed by atoms with E-state index in [-0.39, 0.29) is 5.69 Å². The lowest BCUT2D eigenvalue weighted by atomic mass is 10.2. The molecule has 0 aliphatic heterocycles. The fourth-order valence-corrected chi connectivity index (χ4v) is 2.46. The average Bonchev–Trinajstić information content (AvgIpc) is 2.35. The van der Waals surface area contributed by atoms with E-state index in [1.807, 2.05) is 17.8 Å². The summed E-state index contributed by atoms with van der Waals surface area (Å²) in [5.74, 6) is 1.99. The zero-order chi connectivity index (χ0) is 13.4. The molecule has 98 valence electrons. The Hall–Kier alpha value is -0.850. The minimum atomic E-state index is -0.395. The maximum Gasteiger partial charge on any atom is 0.270 e. The van der Waals surface area contributed by atoms with Gasteiger partial charge in [-0.25, -0.2) is 0 Å². The molecule has 0 saturated heterocycles. The van der Waals surface area contributed by atoms with Crippen molar-refractivity contribution in [2.45, 2.75) is 6.54 Å². The molecule has 0 aliphatic rings. The Balaban J connectivity index is 2.38. The summed E-state index contributed by atoms with van der Waals surface area (Å²) in [5.41, 5.74) is 1.13. The van der Waals surface area contributed by atoms with Crippen LogP contribution in [0, 0.1) is 10.1 Å². The van der Waals surface area contributed by atoms with Crippen LogP contribution in [0.15, 0.2) is 35.3 Å². The monoisotopic (exact) mass is 330 g/mol.